The molecule has 0 unspecified atom stereocenters. The molecule has 2 fully saturated rings. The van der Waals surface area contributed by atoms with E-state index >= 15 is 0 Å². The number of carbonyl (C=O) groups is 1. The molecule has 1 amide bonds. The molecule has 12 heavy (non-hydrogen) atoms. The van der Waals surface area contributed by atoms with Crippen molar-refractivity contribution in [3.8, 4) is 0 Å². The van der Waals surface area contributed by atoms with E-state index in [0.717, 1.165) is 38.8 Å². The van der Waals surface area contributed by atoms with Gasteiger partial charge in [0.1, 0.15) is 0 Å². The Bertz CT molecular complexity index is 205. The van der Waals surface area contributed by atoms with E-state index in [1.54, 1.807) is 0 Å². The fourth-order valence-electron chi connectivity index (χ4n) is 2.51. The Morgan fingerprint density at radius 2 is 2.50 bits per heavy atom. The van der Waals surface area contributed by atoms with Gasteiger partial charge in [0.05, 0.1) is 5.66 Å². The molecule has 0 bridgehead atoms. The summed E-state index contributed by atoms with van der Waals surface area (Å²) in [6, 6.07) is 0. The van der Waals surface area contributed by atoms with Crippen LogP contribution < -0.4 is 5.32 Å². The van der Waals surface area contributed by atoms with E-state index in [2.05, 4.69) is 12.2 Å². The first-order valence-electron chi connectivity index (χ1n) is 4.84. The molecule has 2 aliphatic rings. The van der Waals surface area contributed by atoms with Gasteiger partial charge in [-0.1, -0.05) is 13.3 Å². The highest BCUT2D eigenvalue weighted by Crippen LogP contribution is 2.34. The summed E-state index contributed by atoms with van der Waals surface area (Å²) >= 11 is 0. The summed E-state index contributed by atoms with van der Waals surface area (Å²) < 4.78 is 0. The van der Waals surface area contributed by atoms with Gasteiger partial charge in [-0.15, -0.1) is 0 Å². The molecule has 0 aromatic carbocycles. The van der Waals surface area contributed by atoms with Gasteiger partial charge in [-0.05, 0) is 12.8 Å². The number of nitrogens with one attached hydrogen (secondary N) is 1. The first kappa shape index (κ1) is 8.05. The van der Waals surface area contributed by atoms with Crippen molar-refractivity contribution in [3.05, 3.63) is 0 Å². The molecular weight excluding hydrogens is 152 g/mol. The molecule has 2 rings (SSSR count). The van der Waals surface area contributed by atoms with Crippen LogP contribution in [0, 0.1) is 0 Å². The summed E-state index contributed by atoms with van der Waals surface area (Å²) in [4.78, 5) is 13.5. The fourth-order valence-corrected chi connectivity index (χ4v) is 2.51. The predicted octanol–water partition coefficient (Wildman–Crippen LogP) is 0.708. The molecule has 68 valence electrons. The molecule has 0 aromatic heterocycles. The highest BCUT2D eigenvalue weighted by atomic mass is 16.2. The maximum atomic E-state index is 11.4. The molecule has 1 N–H and O–H groups in total. The summed E-state index contributed by atoms with van der Waals surface area (Å²) in [6.45, 7) is 4.07. The molecule has 0 spiro atoms. The molecule has 3 heteroatoms. The van der Waals surface area contributed by atoms with Crippen LogP contribution in [-0.4, -0.2) is 29.6 Å². The highest BCUT2D eigenvalue weighted by molar-refractivity contribution is 5.80. The largest absolute Gasteiger partial charge is 0.323 e. The second-order valence-electron chi connectivity index (χ2n) is 3.75. The molecule has 0 radical (unpaired) electrons. The smallest absolute Gasteiger partial charge is 0.224 e. The molecule has 3 nitrogen and oxygen atoms in total. The topological polar surface area (TPSA) is 32.3 Å². The molecule has 0 aromatic rings. The van der Waals surface area contributed by atoms with Gasteiger partial charge in [-0.3, -0.25) is 10.1 Å². The summed E-state index contributed by atoms with van der Waals surface area (Å²) in [5.74, 6) is 0.341. The van der Waals surface area contributed by atoms with Gasteiger partial charge in [-0.25, -0.2) is 0 Å². The Hall–Kier alpha value is -0.570. The first-order chi connectivity index (χ1) is 5.78. The van der Waals surface area contributed by atoms with Crippen LogP contribution in [0.3, 0.4) is 0 Å². The van der Waals surface area contributed by atoms with Crippen LogP contribution in [-0.2, 0) is 4.79 Å². The Labute approximate surface area is 73.1 Å². The first-order valence-corrected chi connectivity index (χ1v) is 4.84. The SMILES string of the molecule is CCC[C@@]12CCC(=O)N1CCN2. The van der Waals surface area contributed by atoms with E-state index in [0.29, 0.717) is 5.91 Å². The Balaban J connectivity index is 2.17. The van der Waals surface area contributed by atoms with Crippen LogP contribution in [0.5, 0.6) is 0 Å². The van der Waals surface area contributed by atoms with E-state index in [4.69, 9.17) is 0 Å². The van der Waals surface area contributed by atoms with Crippen molar-refractivity contribution < 1.29 is 4.79 Å². The van der Waals surface area contributed by atoms with Crippen LogP contribution >= 0.6 is 0 Å². The van der Waals surface area contributed by atoms with Gasteiger partial charge in [0, 0.05) is 19.5 Å². The van der Waals surface area contributed by atoms with E-state index in [1.807, 2.05) is 4.90 Å². The molecular formula is C9H16N2O. The lowest BCUT2D eigenvalue weighted by Crippen LogP contribution is -2.47. The van der Waals surface area contributed by atoms with Crippen molar-refractivity contribution in [2.45, 2.75) is 38.3 Å². The lowest BCUT2D eigenvalue weighted by molar-refractivity contribution is -0.129. The molecule has 2 aliphatic heterocycles. The van der Waals surface area contributed by atoms with E-state index in [-0.39, 0.29) is 5.66 Å². The minimum atomic E-state index is 0.0613. The zero-order valence-electron chi connectivity index (χ0n) is 7.60. The molecule has 1 atom stereocenters. The van der Waals surface area contributed by atoms with Gasteiger partial charge < -0.3 is 4.90 Å². The van der Waals surface area contributed by atoms with Crippen molar-refractivity contribution >= 4 is 5.91 Å². The lowest BCUT2D eigenvalue weighted by Gasteiger charge is -2.31. The Kier molecular flexibility index (Phi) is 1.83. The van der Waals surface area contributed by atoms with Crippen molar-refractivity contribution in [1.82, 2.24) is 10.2 Å². The minimum absolute atomic E-state index is 0.0613. The van der Waals surface area contributed by atoms with Crippen LogP contribution in [0.15, 0.2) is 0 Å². The van der Waals surface area contributed by atoms with Gasteiger partial charge in [0.25, 0.3) is 0 Å². The van der Waals surface area contributed by atoms with E-state index in [9.17, 15) is 4.79 Å². The van der Waals surface area contributed by atoms with Crippen LogP contribution in [0.4, 0.5) is 0 Å². The van der Waals surface area contributed by atoms with E-state index in [1.165, 1.54) is 0 Å². The van der Waals surface area contributed by atoms with Crippen LogP contribution in [0.25, 0.3) is 0 Å². The standard InChI is InChI=1S/C9H16N2O/c1-2-4-9-5-3-8(12)11(9)7-6-10-9/h10H,2-7H2,1H3/t9-/m0/s1. The quantitative estimate of drug-likeness (QED) is 0.658. The van der Waals surface area contributed by atoms with Gasteiger partial charge in [-0.2, -0.15) is 0 Å². The summed E-state index contributed by atoms with van der Waals surface area (Å²) in [6.07, 6.45) is 4.02. The number of fused-ring (bicyclic) bond motifs is 1. The minimum Gasteiger partial charge on any atom is -0.323 e. The number of hydrogen-bond acceptors (Lipinski definition) is 2. The Morgan fingerprint density at radius 1 is 1.67 bits per heavy atom. The average molecular weight is 168 g/mol. The summed E-state index contributed by atoms with van der Waals surface area (Å²) in [5, 5.41) is 3.47. The maximum Gasteiger partial charge on any atom is 0.224 e. The van der Waals surface area contributed by atoms with Gasteiger partial charge >= 0.3 is 0 Å². The highest BCUT2D eigenvalue weighted by Gasteiger charge is 2.47. The third-order valence-electron chi connectivity index (χ3n) is 3.02. The molecule has 2 heterocycles. The monoisotopic (exact) mass is 168 g/mol. The third-order valence-corrected chi connectivity index (χ3v) is 3.02. The lowest BCUT2D eigenvalue weighted by atomic mass is 10.0. The number of hydrogen-bond donors (Lipinski definition) is 1. The second kappa shape index (κ2) is 2.73. The molecule has 0 aliphatic carbocycles. The second-order valence-corrected chi connectivity index (χ2v) is 3.75. The van der Waals surface area contributed by atoms with Crippen LogP contribution in [0.2, 0.25) is 0 Å². The van der Waals surface area contributed by atoms with Crippen LogP contribution in [0.1, 0.15) is 32.6 Å². The number of carbonyl (C=O) groups excluding carboxylic acids is 1. The van der Waals surface area contributed by atoms with E-state index < -0.39 is 0 Å². The zero-order valence-corrected chi connectivity index (χ0v) is 7.60. The molecule has 0 saturated carbocycles. The van der Waals surface area contributed by atoms with Crippen molar-refractivity contribution in [2.75, 3.05) is 13.1 Å². The summed E-state index contributed by atoms with van der Waals surface area (Å²) in [7, 11) is 0. The number of nitrogens with zero attached hydrogens (tertiary/aromatic N) is 1. The zero-order chi connectivity index (χ0) is 8.60. The fraction of sp³-hybridized carbons (Fsp3) is 0.889. The van der Waals surface area contributed by atoms with Gasteiger partial charge in [0.15, 0.2) is 0 Å². The number of amides is 1. The normalized spacial score (nSPS) is 34.4. The van der Waals surface area contributed by atoms with Crippen molar-refractivity contribution in [2.24, 2.45) is 0 Å². The predicted molar refractivity (Wildman–Crippen MR) is 46.6 cm³/mol. The van der Waals surface area contributed by atoms with Crippen molar-refractivity contribution in [1.29, 1.82) is 0 Å². The number of rotatable bonds is 2. The van der Waals surface area contributed by atoms with Crippen molar-refractivity contribution in [3.63, 3.8) is 0 Å². The average Bonchev–Trinajstić information content (AvgIpc) is 2.55. The molecule has 2 saturated heterocycles. The maximum absolute atomic E-state index is 11.4. The summed E-state index contributed by atoms with van der Waals surface area (Å²) in [5.41, 5.74) is 0.0613. The third kappa shape index (κ3) is 0.959. The van der Waals surface area contributed by atoms with Gasteiger partial charge in [0.2, 0.25) is 5.91 Å². The Morgan fingerprint density at radius 3 is 3.25 bits per heavy atom.